The number of nitrogens with two attached hydrogens (primary N) is 1. The third kappa shape index (κ3) is 4.24. The molecule has 3 N–H and O–H groups in total. The normalized spacial score (nSPS) is 12.6. The average molecular weight is 296 g/mol. The minimum Gasteiger partial charge on any atom is -0.367 e. The minimum atomic E-state index is -4.44. The highest BCUT2D eigenvalue weighted by Crippen LogP contribution is 2.32. The molecule has 0 atom stereocenters. The number of anilines is 1. The van der Waals surface area contributed by atoms with Crippen molar-refractivity contribution >= 4 is 17.4 Å². The summed E-state index contributed by atoms with van der Waals surface area (Å²) in [7, 11) is 0. The van der Waals surface area contributed by atoms with Gasteiger partial charge < -0.3 is 11.1 Å². The predicted molar refractivity (Wildman–Crippen MR) is 70.2 cm³/mol. The van der Waals surface area contributed by atoms with Crippen LogP contribution in [-0.4, -0.2) is 17.1 Å². The lowest BCUT2D eigenvalue weighted by molar-refractivity contribution is -0.137. The zero-order valence-electron chi connectivity index (χ0n) is 10.8. The smallest absolute Gasteiger partial charge is 0.367 e. The molecule has 0 aliphatic carbocycles. The Morgan fingerprint density at radius 3 is 2.32 bits per heavy atom. The number of nitrogens with one attached hydrogen (secondary N) is 1. The third-order valence-corrected chi connectivity index (χ3v) is 3.47. The Hall–Kier alpha value is -1.01. The monoisotopic (exact) mass is 295 g/mol. The first-order chi connectivity index (χ1) is 8.72. The van der Waals surface area contributed by atoms with Gasteiger partial charge in [-0.25, -0.2) is 4.98 Å². The summed E-state index contributed by atoms with van der Waals surface area (Å²) >= 11 is 5.78. The highest BCUT2D eigenvalue weighted by Gasteiger charge is 2.31. The van der Waals surface area contributed by atoms with Crippen molar-refractivity contribution in [3.05, 3.63) is 22.8 Å². The van der Waals surface area contributed by atoms with E-state index in [0.29, 0.717) is 6.54 Å². The second-order valence-electron chi connectivity index (χ2n) is 4.48. The number of nitrogens with zero attached hydrogens (tertiary/aromatic N) is 1. The lowest BCUT2D eigenvalue weighted by atomic mass is 9.94. The maximum absolute atomic E-state index is 12.4. The SMILES string of the molecule is CCC(N)(CC)CNc1ncc(C(F)(F)F)cc1Cl. The van der Waals surface area contributed by atoms with Crippen LogP contribution in [0.1, 0.15) is 32.3 Å². The number of hydrogen-bond acceptors (Lipinski definition) is 3. The fourth-order valence-electron chi connectivity index (χ4n) is 1.48. The first-order valence-electron chi connectivity index (χ1n) is 5.97. The van der Waals surface area contributed by atoms with Gasteiger partial charge in [-0.1, -0.05) is 25.4 Å². The fourth-order valence-corrected chi connectivity index (χ4v) is 1.72. The number of pyridine rings is 1. The van der Waals surface area contributed by atoms with Crippen LogP contribution >= 0.6 is 11.6 Å². The zero-order chi connectivity index (χ0) is 14.7. The standard InChI is InChI=1S/C12H17ClF3N3/c1-3-11(17,4-2)7-19-10-9(13)5-8(6-18-10)12(14,15)16/h5-6H,3-4,7,17H2,1-2H3,(H,18,19). The van der Waals surface area contributed by atoms with Gasteiger partial charge in [-0.2, -0.15) is 13.2 Å². The molecular formula is C12H17ClF3N3. The van der Waals surface area contributed by atoms with Crippen LogP contribution in [0.4, 0.5) is 19.0 Å². The molecule has 0 aromatic carbocycles. The summed E-state index contributed by atoms with van der Waals surface area (Å²) in [5.41, 5.74) is 4.79. The molecule has 108 valence electrons. The van der Waals surface area contributed by atoms with E-state index in [1.807, 2.05) is 13.8 Å². The molecule has 0 aliphatic heterocycles. The van der Waals surface area contributed by atoms with E-state index in [2.05, 4.69) is 10.3 Å². The topological polar surface area (TPSA) is 50.9 Å². The van der Waals surface area contributed by atoms with Crippen LogP contribution in [0.2, 0.25) is 5.02 Å². The molecule has 1 rings (SSSR count). The predicted octanol–water partition coefficient (Wildman–Crippen LogP) is 3.68. The molecule has 0 unspecified atom stereocenters. The summed E-state index contributed by atoms with van der Waals surface area (Å²) < 4.78 is 37.3. The Kier molecular flexibility index (Phi) is 5.04. The zero-order valence-corrected chi connectivity index (χ0v) is 11.6. The minimum absolute atomic E-state index is 0.0654. The van der Waals surface area contributed by atoms with Crippen molar-refractivity contribution < 1.29 is 13.2 Å². The van der Waals surface area contributed by atoms with E-state index in [1.165, 1.54) is 0 Å². The number of halogens is 4. The Morgan fingerprint density at radius 1 is 1.32 bits per heavy atom. The van der Waals surface area contributed by atoms with E-state index >= 15 is 0 Å². The quantitative estimate of drug-likeness (QED) is 0.871. The molecule has 0 amide bonds. The maximum atomic E-state index is 12.4. The van der Waals surface area contributed by atoms with Crippen molar-refractivity contribution in [2.45, 2.75) is 38.4 Å². The first-order valence-corrected chi connectivity index (χ1v) is 6.35. The van der Waals surface area contributed by atoms with Gasteiger partial charge in [-0.3, -0.25) is 0 Å². The van der Waals surface area contributed by atoms with E-state index in [1.54, 1.807) is 0 Å². The molecule has 1 aromatic rings. The molecule has 1 heterocycles. The van der Waals surface area contributed by atoms with Crippen LogP contribution in [0.15, 0.2) is 12.3 Å². The fraction of sp³-hybridized carbons (Fsp3) is 0.583. The summed E-state index contributed by atoms with van der Waals surface area (Å²) in [4.78, 5) is 3.70. The number of aromatic nitrogens is 1. The summed E-state index contributed by atoms with van der Waals surface area (Å²) in [5.74, 6) is 0.214. The molecule has 0 saturated heterocycles. The van der Waals surface area contributed by atoms with Crippen molar-refractivity contribution in [3.63, 3.8) is 0 Å². The maximum Gasteiger partial charge on any atom is 0.417 e. The Bertz CT molecular complexity index is 431. The molecule has 1 aromatic heterocycles. The lowest BCUT2D eigenvalue weighted by Gasteiger charge is -2.27. The summed E-state index contributed by atoms with van der Waals surface area (Å²) in [6.07, 6.45) is -2.20. The van der Waals surface area contributed by atoms with Gasteiger partial charge in [0.2, 0.25) is 0 Å². The van der Waals surface area contributed by atoms with Gasteiger partial charge in [0.1, 0.15) is 5.82 Å². The van der Waals surface area contributed by atoms with Crippen LogP contribution in [-0.2, 0) is 6.18 Å². The highest BCUT2D eigenvalue weighted by atomic mass is 35.5. The Balaban J connectivity index is 2.82. The largest absolute Gasteiger partial charge is 0.417 e. The van der Waals surface area contributed by atoms with Gasteiger partial charge in [0.25, 0.3) is 0 Å². The van der Waals surface area contributed by atoms with Crippen molar-refractivity contribution in [1.29, 1.82) is 0 Å². The highest BCUT2D eigenvalue weighted by molar-refractivity contribution is 6.32. The van der Waals surface area contributed by atoms with Crippen molar-refractivity contribution in [2.24, 2.45) is 5.73 Å². The molecule has 0 aliphatic rings. The number of alkyl halides is 3. The van der Waals surface area contributed by atoms with Crippen LogP contribution in [0, 0.1) is 0 Å². The molecule has 0 spiro atoms. The third-order valence-electron chi connectivity index (χ3n) is 3.18. The molecule has 7 heteroatoms. The summed E-state index contributed by atoms with van der Waals surface area (Å²) in [6.45, 7) is 4.30. The van der Waals surface area contributed by atoms with E-state index in [4.69, 9.17) is 17.3 Å². The van der Waals surface area contributed by atoms with E-state index < -0.39 is 17.3 Å². The van der Waals surface area contributed by atoms with Crippen molar-refractivity contribution in [3.8, 4) is 0 Å². The molecular weight excluding hydrogens is 279 g/mol. The van der Waals surface area contributed by atoms with E-state index in [0.717, 1.165) is 25.1 Å². The molecule has 0 bridgehead atoms. The number of hydrogen-bond donors (Lipinski definition) is 2. The van der Waals surface area contributed by atoms with Gasteiger partial charge in [0.15, 0.2) is 0 Å². The second kappa shape index (κ2) is 5.96. The number of rotatable bonds is 5. The van der Waals surface area contributed by atoms with Crippen LogP contribution < -0.4 is 11.1 Å². The van der Waals surface area contributed by atoms with Gasteiger partial charge in [-0.05, 0) is 18.9 Å². The van der Waals surface area contributed by atoms with Crippen LogP contribution in [0.3, 0.4) is 0 Å². The summed E-state index contributed by atoms with van der Waals surface area (Å²) in [6, 6.07) is 0.854. The Morgan fingerprint density at radius 2 is 1.89 bits per heavy atom. The lowest BCUT2D eigenvalue weighted by Crippen LogP contribution is -2.45. The Labute approximate surface area is 115 Å². The van der Waals surface area contributed by atoms with Crippen molar-refractivity contribution in [1.82, 2.24) is 4.98 Å². The van der Waals surface area contributed by atoms with E-state index in [9.17, 15) is 13.2 Å². The molecule has 0 fully saturated rings. The summed E-state index contributed by atoms with van der Waals surface area (Å²) in [5, 5.41) is 2.83. The molecule has 0 radical (unpaired) electrons. The second-order valence-corrected chi connectivity index (χ2v) is 4.88. The van der Waals surface area contributed by atoms with Gasteiger partial charge in [0, 0.05) is 18.3 Å². The first kappa shape index (κ1) is 16.0. The molecule has 3 nitrogen and oxygen atoms in total. The van der Waals surface area contributed by atoms with Crippen LogP contribution in [0.25, 0.3) is 0 Å². The van der Waals surface area contributed by atoms with Crippen LogP contribution in [0.5, 0.6) is 0 Å². The van der Waals surface area contributed by atoms with Gasteiger partial charge >= 0.3 is 6.18 Å². The average Bonchev–Trinajstić information content (AvgIpc) is 2.35. The molecule has 19 heavy (non-hydrogen) atoms. The van der Waals surface area contributed by atoms with Crippen molar-refractivity contribution in [2.75, 3.05) is 11.9 Å². The van der Waals surface area contributed by atoms with Gasteiger partial charge in [0.05, 0.1) is 10.6 Å². The van der Waals surface area contributed by atoms with E-state index in [-0.39, 0.29) is 10.8 Å². The van der Waals surface area contributed by atoms with Gasteiger partial charge in [-0.15, -0.1) is 0 Å². The molecule has 0 saturated carbocycles.